The first kappa shape index (κ1) is 15.8. The molecule has 23 heavy (non-hydrogen) atoms. The Morgan fingerprint density at radius 2 is 2.04 bits per heavy atom. The summed E-state index contributed by atoms with van der Waals surface area (Å²) in [6.45, 7) is 3.57. The average Bonchev–Trinajstić information content (AvgIpc) is 2.90. The van der Waals surface area contributed by atoms with E-state index in [1.54, 1.807) is 0 Å². The van der Waals surface area contributed by atoms with Crippen molar-refractivity contribution in [3.05, 3.63) is 30.1 Å². The van der Waals surface area contributed by atoms with Crippen molar-refractivity contribution in [3.63, 3.8) is 0 Å². The molecule has 2 aromatic rings. The Bertz CT molecular complexity index is 667. The van der Waals surface area contributed by atoms with Crippen molar-refractivity contribution < 1.29 is 0 Å². The minimum Gasteiger partial charge on any atom is -0.357 e. The highest BCUT2D eigenvalue weighted by atomic mass is 15.2. The SMILES string of the molecule is CCNC(=NCc1nc2ccccc2n1C)NC1CCCCC1. The van der Waals surface area contributed by atoms with Gasteiger partial charge in [-0.15, -0.1) is 0 Å². The molecule has 1 aromatic heterocycles. The van der Waals surface area contributed by atoms with Gasteiger partial charge in [-0.2, -0.15) is 0 Å². The summed E-state index contributed by atoms with van der Waals surface area (Å²) in [7, 11) is 2.06. The van der Waals surface area contributed by atoms with Gasteiger partial charge in [0.1, 0.15) is 12.4 Å². The molecule has 0 unspecified atom stereocenters. The zero-order chi connectivity index (χ0) is 16.1. The largest absolute Gasteiger partial charge is 0.357 e. The van der Waals surface area contributed by atoms with E-state index in [4.69, 9.17) is 9.98 Å². The molecule has 5 heteroatoms. The van der Waals surface area contributed by atoms with Gasteiger partial charge >= 0.3 is 0 Å². The van der Waals surface area contributed by atoms with Gasteiger partial charge in [0.2, 0.25) is 0 Å². The molecule has 1 saturated carbocycles. The van der Waals surface area contributed by atoms with Crippen LogP contribution in [0.3, 0.4) is 0 Å². The minimum absolute atomic E-state index is 0.557. The number of hydrogen-bond donors (Lipinski definition) is 2. The van der Waals surface area contributed by atoms with Gasteiger partial charge in [0.05, 0.1) is 11.0 Å². The molecular formula is C18H27N5. The molecule has 0 bridgehead atoms. The zero-order valence-corrected chi connectivity index (χ0v) is 14.2. The van der Waals surface area contributed by atoms with Crippen LogP contribution in [-0.4, -0.2) is 28.1 Å². The standard InChI is InChI=1S/C18H27N5/c1-3-19-18(21-14-9-5-4-6-10-14)20-13-17-22-15-11-7-8-12-16(15)23(17)2/h7-8,11-12,14H,3-6,9-10,13H2,1-2H3,(H2,19,20,21). The van der Waals surface area contributed by atoms with Gasteiger partial charge in [0.15, 0.2) is 5.96 Å². The lowest BCUT2D eigenvalue weighted by molar-refractivity contribution is 0.410. The monoisotopic (exact) mass is 313 g/mol. The number of rotatable bonds is 4. The van der Waals surface area contributed by atoms with E-state index in [0.717, 1.165) is 29.4 Å². The number of benzene rings is 1. The van der Waals surface area contributed by atoms with Crippen LogP contribution in [0.4, 0.5) is 0 Å². The minimum atomic E-state index is 0.557. The van der Waals surface area contributed by atoms with Crippen LogP contribution in [0.25, 0.3) is 11.0 Å². The molecule has 124 valence electrons. The fourth-order valence-electron chi connectivity index (χ4n) is 3.25. The highest BCUT2D eigenvalue weighted by molar-refractivity contribution is 5.80. The Morgan fingerprint density at radius 3 is 2.78 bits per heavy atom. The Hall–Kier alpha value is -2.04. The quantitative estimate of drug-likeness (QED) is 0.674. The lowest BCUT2D eigenvalue weighted by Gasteiger charge is -2.24. The highest BCUT2D eigenvalue weighted by Gasteiger charge is 2.14. The molecule has 2 N–H and O–H groups in total. The molecule has 0 amide bonds. The summed E-state index contributed by atoms with van der Waals surface area (Å²) in [5.41, 5.74) is 2.19. The van der Waals surface area contributed by atoms with Crippen molar-refractivity contribution in [2.45, 2.75) is 51.6 Å². The number of imidazole rings is 1. The third-order valence-corrected chi connectivity index (χ3v) is 4.55. The van der Waals surface area contributed by atoms with E-state index in [2.05, 4.69) is 35.2 Å². The predicted octanol–water partition coefficient (Wildman–Crippen LogP) is 2.96. The number of fused-ring (bicyclic) bond motifs is 1. The number of nitrogens with zero attached hydrogens (tertiary/aromatic N) is 3. The second-order valence-corrected chi connectivity index (χ2v) is 6.25. The van der Waals surface area contributed by atoms with Crippen LogP contribution in [0.2, 0.25) is 0 Å². The molecule has 1 heterocycles. The van der Waals surface area contributed by atoms with Gasteiger partial charge in [-0.25, -0.2) is 9.98 Å². The molecule has 0 radical (unpaired) electrons. The Kier molecular flexibility index (Phi) is 5.16. The van der Waals surface area contributed by atoms with Crippen LogP contribution < -0.4 is 10.6 Å². The molecule has 5 nitrogen and oxygen atoms in total. The van der Waals surface area contributed by atoms with Gasteiger partial charge in [-0.1, -0.05) is 31.4 Å². The topological polar surface area (TPSA) is 54.2 Å². The summed E-state index contributed by atoms with van der Waals surface area (Å²) in [6.07, 6.45) is 6.50. The number of para-hydroxylation sites is 2. The molecule has 0 saturated heterocycles. The van der Waals surface area contributed by atoms with Crippen LogP contribution in [0.5, 0.6) is 0 Å². The Balaban J connectivity index is 1.72. The first-order valence-electron chi connectivity index (χ1n) is 8.73. The zero-order valence-electron chi connectivity index (χ0n) is 14.2. The van der Waals surface area contributed by atoms with Crippen LogP contribution in [0.1, 0.15) is 44.9 Å². The number of aryl methyl sites for hydroxylation is 1. The average molecular weight is 313 g/mol. The Morgan fingerprint density at radius 1 is 1.26 bits per heavy atom. The van der Waals surface area contributed by atoms with Gasteiger partial charge in [0.25, 0.3) is 0 Å². The van der Waals surface area contributed by atoms with Gasteiger partial charge in [-0.3, -0.25) is 0 Å². The molecule has 3 rings (SSSR count). The summed E-state index contributed by atoms with van der Waals surface area (Å²) < 4.78 is 2.13. The van der Waals surface area contributed by atoms with E-state index in [9.17, 15) is 0 Å². The first-order chi connectivity index (χ1) is 11.3. The molecule has 0 spiro atoms. The lowest BCUT2D eigenvalue weighted by atomic mass is 9.96. The lowest BCUT2D eigenvalue weighted by Crippen LogP contribution is -2.44. The molecule has 1 aliphatic carbocycles. The summed E-state index contributed by atoms with van der Waals surface area (Å²) in [4.78, 5) is 9.44. The molecule has 0 aliphatic heterocycles. The molecule has 1 aromatic carbocycles. The maximum absolute atomic E-state index is 4.74. The van der Waals surface area contributed by atoms with Crippen LogP contribution >= 0.6 is 0 Å². The molecular weight excluding hydrogens is 286 g/mol. The maximum Gasteiger partial charge on any atom is 0.191 e. The van der Waals surface area contributed by atoms with Gasteiger partial charge in [0, 0.05) is 19.6 Å². The van der Waals surface area contributed by atoms with E-state index in [1.807, 2.05) is 18.2 Å². The maximum atomic E-state index is 4.74. The normalized spacial score (nSPS) is 16.7. The molecule has 0 atom stereocenters. The van der Waals surface area contributed by atoms with E-state index < -0.39 is 0 Å². The van der Waals surface area contributed by atoms with Crippen molar-refractivity contribution in [1.29, 1.82) is 0 Å². The smallest absolute Gasteiger partial charge is 0.191 e. The summed E-state index contributed by atoms with van der Waals surface area (Å²) in [5, 5.41) is 6.94. The number of aliphatic imine (C=N–C) groups is 1. The summed E-state index contributed by atoms with van der Waals surface area (Å²) in [6, 6.07) is 8.78. The third-order valence-electron chi connectivity index (χ3n) is 4.55. The van der Waals surface area contributed by atoms with Crippen molar-refractivity contribution in [2.75, 3.05) is 6.54 Å². The van der Waals surface area contributed by atoms with Crippen LogP contribution in [0, 0.1) is 0 Å². The summed E-state index contributed by atoms with van der Waals surface area (Å²) >= 11 is 0. The van der Waals surface area contributed by atoms with Crippen LogP contribution in [0.15, 0.2) is 29.3 Å². The number of hydrogen-bond acceptors (Lipinski definition) is 2. The van der Waals surface area contributed by atoms with Crippen molar-refractivity contribution >= 4 is 17.0 Å². The second kappa shape index (κ2) is 7.49. The summed E-state index contributed by atoms with van der Waals surface area (Å²) in [5.74, 6) is 1.90. The fourth-order valence-corrected chi connectivity index (χ4v) is 3.25. The number of guanidine groups is 1. The molecule has 1 aliphatic rings. The second-order valence-electron chi connectivity index (χ2n) is 6.25. The van der Waals surface area contributed by atoms with Crippen molar-refractivity contribution in [2.24, 2.45) is 12.0 Å². The van der Waals surface area contributed by atoms with Crippen molar-refractivity contribution in [1.82, 2.24) is 20.2 Å². The van der Waals surface area contributed by atoms with E-state index >= 15 is 0 Å². The number of aromatic nitrogens is 2. The van der Waals surface area contributed by atoms with Crippen molar-refractivity contribution in [3.8, 4) is 0 Å². The number of nitrogens with one attached hydrogen (secondary N) is 2. The third kappa shape index (κ3) is 3.84. The molecule has 1 fully saturated rings. The Labute approximate surface area is 138 Å². The van der Waals surface area contributed by atoms with Gasteiger partial charge < -0.3 is 15.2 Å². The predicted molar refractivity (Wildman–Crippen MR) is 95.5 cm³/mol. The van der Waals surface area contributed by atoms with E-state index in [-0.39, 0.29) is 0 Å². The fraction of sp³-hybridized carbons (Fsp3) is 0.556. The van der Waals surface area contributed by atoms with Crippen LogP contribution in [-0.2, 0) is 13.6 Å². The van der Waals surface area contributed by atoms with E-state index in [0.29, 0.717) is 12.6 Å². The van der Waals surface area contributed by atoms with E-state index in [1.165, 1.54) is 32.1 Å². The first-order valence-corrected chi connectivity index (χ1v) is 8.73. The van der Waals surface area contributed by atoms with Gasteiger partial charge in [-0.05, 0) is 31.9 Å². The highest BCUT2D eigenvalue weighted by Crippen LogP contribution is 2.17.